The summed E-state index contributed by atoms with van der Waals surface area (Å²) in [4.78, 5) is 15.0. The highest BCUT2D eigenvalue weighted by atomic mass is 19.1. The minimum atomic E-state index is -0.373. The molecule has 0 unspecified atom stereocenters. The third-order valence-corrected chi connectivity index (χ3v) is 4.10. The molecule has 2 heterocycles. The van der Waals surface area contributed by atoms with E-state index in [0.29, 0.717) is 34.5 Å². The quantitative estimate of drug-likeness (QED) is 0.619. The van der Waals surface area contributed by atoms with Gasteiger partial charge in [0.2, 0.25) is 11.8 Å². The molecule has 0 bridgehead atoms. The molecule has 0 saturated carbocycles. The van der Waals surface area contributed by atoms with Crippen molar-refractivity contribution in [1.82, 2.24) is 15.0 Å². The Balaban J connectivity index is 1.91. The zero-order chi connectivity index (χ0) is 19.2. The lowest BCUT2D eigenvalue weighted by molar-refractivity contribution is 0.412. The number of halogens is 1. The van der Waals surface area contributed by atoms with Gasteiger partial charge in [0.25, 0.3) is 0 Å². The molecule has 27 heavy (non-hydrogen) atoms. The van der Waals surface area contributed by atoms with Crippen molar-refractivity contribution in [3.8, 4) is 28.5 Å². The molecule has 6 nitrogen and oxygen atoms in total. The second kappa shape index (κ2) is 8.44. The SMILES string of the molecule is CCN(CC)c1ncc(Oc2ncccc2-c2ccc(F)cc2OC)cn1. The van der Waals surface area contributed by atoms with Gasteiger partial charge in [-0.3, -0.25) is 0 Å². The normalized spacial score (nSPS) is 10.5. The molecule has 0 spiro atoms. The molecule has 0 radical (unpaired) electrons. The standard InChI is InChI=1S/C20H21FN4O2/c1-4-25(5-2)20-23-12-15(13-24-20)27-19-17(7-6-10-22-19)16-9-8-14(21)11-18(16)26-3/h6-13H,4-5H2,1-3H3. The predicted molar refractivity (Wildman–Crippen MR) is 102 cm³/mol. The van der Waals surface area contributed by atoms with Crippen molar-refractivity contribution in [2.75, 3.05) is 25.1 Å². The lowest BCUT2D eigenvalue weighted by Crippen LogP contribution is -2.23. The number of anilines is 1. The molecule has 0 aliphatic rings. The molecule has 2 aromatic heterocycles. The van der Waals surface area contributed by atoms with Crippen molar-refractivity contribution < 1.29 is 13.9 Å². The number of rotatable bonds is 7. The third kappa shape index (κ3) is 4.13. The van der Waals surface area contributed by atoms with Crippen LogP contribution in [-0.4, -0.2) is 35.2 Å². The number of hydrogen-bond acceptors (Lipinski definition) is 6. The Bertz CT molecular complexity index is 899. The van der Waals surface area contributed by atoms with Crippen molar-refractivity contribution in [1.29, 1.82) is 0 Å². The van der Waals surface area contributed by atoms with Crippen LogP contribution in [0, 0.1) is 5.82 Å². The Morgan fingerprint density at radius 1 is 1.00 bits per heavy atom. The van der Waals surface area contributed by atoms with E-state index in [1.165, 1.54) is 19.2 Å². The van der Waals surface area contributed by atoms with Gasteiger partial charge < -0.3 is 14.4 Å². The van der Waals surface area contributed by atoms with Crippen LogP contribution in [0.3, 0.4) is 0 Å². The first-order valence-corrected chi connectivity index (χ1v) is 8.70. The summed E-state index contributed by atoms with van der Waals surface area (Å²) in [5.41, 5.74) is 1.37. The third-order valence-electron chi connectivity index (χ3n) is 4.10. The Morgan fingerprint density at radius 2 is 1.74 bits per heavy atom. The average molecular weight is 368 g/mol. The molecular weight excluding hydrogens is 347 g/mol. The first-order chi connectivity index (χ1) is 13.2. The van der Waals surface area contributed by atoms with Gasteiger partial charge in [-0.2, -0.15) is 0 Å². The van der Waals surface area contributed by atoms with E-state index in [4.69, 9.17) is 9.47 Å². The van der Waals surface area contributed by atoms with E-state index >= 15 is 0 Å². The molecule has 140 valence electrons. The van der Waals surface area contributed by atoms with Crippen molar-refractivity contribution >= 4 is 5.95 Å². The van der Waals surface area contributed by atoms with E-state index in [-0.39, 0.29) is 5.82 Å². The van der Waals surface area contributed by atoms with E-state index in [1.54, 1.807) is 30.7 Å². The highest BCUT2D eigenvalue weighted by Gasteiger charge is 2.14. The number of aromatic nitrogens is 3. The molecule has 0 aliphatic heterocycles. The van der Waals surface area contributed by atoms with Crippen LogP contribution >= 0.6 is 0 Å². The van der Waals surface area contributed by atoms with Gasteiger partial charge in [0, 0.05) is 36.5 Å². The van der Waals surface area contributed by atoms with E-state index in [1.807, 2.05) is 24.8 Å². The van der Waals surface area contributed by atoms with Crippen molar-refractivity contribution in [2.24, 2.45) is 0 Å². The van der Waals surface area contributed by atoms with Crippen LogP contribution in [0.25, 0.3) is 11.1 Å². The first-order valence-electron chi connectivity index (χ1n) is 8.70. The summed E-state index contributed by atoms with van der Waals surface area (Å²) in [6.45, 7) is 5.75. The molecule has 0 aliphatic carbocycles. The van der Waals surface area contributed by atoms with Gasteiger partial charge in [0.15, 0.2) is 5.75 Å². The maximum atomic E-state index is 13.5. The van der Waals surface area contributed by atoms with Crippen LogP contribution in [0.4, 0.5) is 10.3 Å². The summed E-state index contributed by atoms with van der Waals surface area (Å²) >= 11 is 0. The second-order valence-electron chi connectivity index (χ2n) is 5.69. The van der Waals surface area contributed by atoms with Crippen molar-refractivity contribution in [3.63, 3.8) is 0 Å². The highest BCUT2D eigenvalue weighted by molar-refractivity contribution is 5.74. The first kappa shape index (κ1) is 18.6. The monoisotopic (exact) mass is 368 g/mol. The van der Waals surface area contributed by atoms with Crippen molar-refractivity contribution in [3.05, 3.63) is 54.7 Å². The van der Waals surface area contributed by atoms with Crippen LogP contribution < -0.4 is 14.4 Å². The van der Waals surface area contributed by atoms with Gasteiger partial charge in [-0.15, -0.1) is 0 Å². The minimum absolute atomic E-state index is 0.363. The minimum Gasteiger partial charge on any atom is -0.496 e. The van der Waals surface area contributed by atoms with Gasteiger partial charge in [-0.05, 0) is 38.1 Å². The van der Waals surface area contributed by atoms with Crippen LogP contribution in [0.5, 0.6) is 17.4 Å². The predicted octanol–water partition coefficient (Wildman–Crippen LogP) is 4.32. The molecule has 7 heteroatoms. The van der Waals surface area contributed by atoms with Gasteiger partial charge in [-0.1, -0.05) is 0 Å². The molecule has 0 N–H and O–H groups in total. The fourth-order valence-corrected chi connectivity index (χ4v) is 2.71. The van der Waals surface area contributed by atoms with Gasteiger partial charge >= 0.3 is 0 Å². The topological polar surface area (TPSA) is 60.4 Å². The smallest absolute Gasteiger partial charge is 0.227 e. The van der Waals surface area contributed by atoms with Crippen LogP contribution in [0.2, 0.25) is 0 Å². The summed E-state index contributed by atoms with van der Waals surface area (Å²) in [6.07, 6.45) is 4.85. The Morgan fingerprint density at radius 3 is 2.41 bits per heavy atom. The van der Waals surface area contributed by atoms with Gasteiger partial charge in [0.1, 0.15) is 11.6 Å². The Hall–Kier alpha value is -3.22. The molecular formula is C20H21FN4O2. The summed E-state index contributed by atoms with van der Waals surface area (Å²) in [7, 11) is 1.49. The lowest BCUT2D eigenvalue weighted by Gasteiger charge is -2.18. The fraction of sp³-hybridized carbons (Fsp3) is 0.250. The maximum absolute atomic E-state index is 13.5. The maximum Gasteiger partial charge on any atom is 0.227 e. The summed E-state index contributed by atoms with van der Waals surface area (Å²) in [5.74, 6) is 1.51. The van der Waals surface area contributed by atoms with E-state index in [2.05, 4.69) is 15.0 Å². The molecule has 1 aromatic carbocycles. The second-order valence-corrected chi connectivity index (χ2v) is 5.69. The molecule has 0 atom stereocenters. The van der Waals surface area contributed by atoms with Crippen LogP contribution in [-0.2, 0) is 0 Å². The fourth-order valence-electron chi connectivity index (χ4n) is 2.71. The number of hydrogen-bond donors (Lipinski definition) is 0. The Labute approximate surface area is 157 Å². The summed E-state index contributed by atoms with van der Waals surface area (Å²) in [6, 6.07) is 7.96. The van der Waals surface area contributed by atoms with E-state index in [0.717, 1.165) is 13.1 Å². The molecule has 3 aromatic rings. The van der Waals surface area contributed by atoms with Crippen LogP contribution in [0.1, 0.15) is 13.8 Å². The van der Waals surface area contributed by atoms with Gasteiger partial charge in [0.05, 0.1) is 19.5 Å². The highest BCUT2D eigenvalue weighted by Crippen LogP contribution is 2.37. The molecule has 0 saturated heterocycles. The zero-order valence-electron chi connectivity index (χ0n) is 15.5. The number of methoxy groups -OCH3 is 1. The number of pyridine rings is 1. The Kier molecular flexibility index (Phi) is 5.80. The largest absolute Gasteiger partial charge is 0.496 e. The summed E-state index contributed by atoms with van der Waals surface area (Å²) in [5, 5.41) is 0. The molecule has 0 amide bonds. The van der Waals surface area contributed by atoms with Gasteiger partial charge in [-0.25, -0.2) is 19.3 Å². The lowest BCUT2D eigenvalue weighted by atomic mass is 10.1. The molecule has 3 rings (SSSR count). The number of nitrogens with zero attached hydrogens (tertiary/aromatic N) is 4. The average Bonchev–Trinajstić information content (AvgIpc) is 2.70. The van der Waals surface area contributed by atoms with E-state index in [9.17, 15) is 4.39 Å². The zero-order valence-corrected chi connectivity index (χ0v) is 15.5. The molecule has 0 fully saturated rings. The van der Waals surface area contributed by atoms with Crippen molar-refractivity contribution in [2.45, 2.75) is 13.8 Å². The number of benzene rings is 1. The number of ether oxygens (including phenoxy) is 2. The van der Waals surface area contributed by atoms with Crippen LogP contribution in [0.15, 0.2) is 48.9 Å². The summed E-state index contributed by atoms with van der Waals surface area (Å²) < 4.78 is 24.7. The van der Waals surface area contributed by atoms with E-state index < -0.39 is 0 Å².